The number of ketones is 1. The van der Waals surface area contributed by atoms with Crippen molar-refractivity contribution in [3.8, 4) is 0 Å². The Balaban J connectivity index is 1.87. The van der Waals surface area contributed by atoms with Crippen LogP contribution in [0.15, 0.2) is 0 Å². The molecule has 0 N–H and O–H groups in total. The smallest absolute Gasteiger partial charge is 0.149 e. The van der Waals surface area contributed by atoms with Gasteiger partial charge in [-0.15, -0.1) is 0 Å². The minimum absolute atomic E-state index is 0.243. The molecule has 0 amide bonds. The van der Waals surface area contributed by atoms with Gasteiger partial charge in [-0.05, 0) is 51.5 Å². The van der Waals surface area contributed by atoms with Gasteiger partial charge in [-0.1, -0.05) is 19.8 Å². The van der Waals surface area contributed by atoms with Gasteiger partial charge in [-0.3, -0.25) is 9.69 Å². The van der Waals surface area contributed by atoms with E-state index in [-0.39, 0.29) is 6.04 Å². The minimum atomic E-state index is 0.243. The summed E-state index contributed by atoms with van der Waals surface area (Å²) in [4.78, 5) is 14.4. The number of carbonyl (C=O) groups is 1. The lowest BCUT2D eigenvalue weighted by atomic mass is 9.82. The van der Waals surface area contributed by atoms with Crippen LogP contribution in [0.4, 0.5) is 0 Å². The normalized spacial score (nSPS) is 35.2. The molecule has 2 fully saturated rings. The van der Waals surface area contributed by atoms with E-state index in [1.807, 2.05) is 0 Å². The number of rotatable bonds is 3. The Morgan fingerprint density at radius 1 is 1.12 bits per heavy atom. The van der Waals surface area contributed by atoms with Crippen LogP contribution in [0.3, 0.4) is 0 Å². The van der Waals surface area contributed by atoms with Gasteiger partial charge in [0, 0.05) is 12.5 Å². The van der Waals surface area contributed by atoms with Gasteiger partial charge >= 0.3 is 0 Å². The fraction of sp³-hybridized carbons (Fsp3) is 0.933. The van der Waals surface area contributed by atoms with Gasteiger partial charge in [0.25, 0.3) is 0 Å². The summed E-state index contributed by atoms with van der Waals surface area (Å²) in [7, 11) is 2.19. The molecule has 2 heteroatoms. The molecule has 0 aromatic carbocycles. The first-order chi connectivity index (χ1) is 8.22. The van der Waals surface area contributed by atoms with Crippen LogP contribution in [0.1, 0.15) is 64.7 Å². The molecule has 0 aliphatic heterocycles. The van der Waals surface area contributed by atoms with Crippen LogP contribution in [-0.2, 0) is 4.79 Å². The van der Waals surface area contributed by atoms with Crippen molar-refractivity contribution in [1.82, 2.24) is 4.90 Å². The molecular weight excluding hydrogens is 210 g/mol. The lowest BCUT2D eigenvalue weighted by molar-refractivity contribution is -0.126. The molecule has 0 aromatic heterocycles. The van der Waals surface area contributed by atoms with Gasteiger partial charge < -0.3 is 0 Å². The topological polar surface area (TPSA) is 20.3 Å². The highest BCUT2D eigenvalue weighted by Crippen LogP contribution is 2.31. The Morgan fingerprint density at radius 3 is 2.41 bits per heavy atom. The molecule has 2 aliphatic rings. The van der Waals surface area contributed by atoms with Gasteiger partial charge in [0.2, 0.25) is 0 Å². The molecule has 17 heavy (non-hydrogen) atoms. The van der Waals surface area contributed by atoms with Crippen molar-refractivity contribution in [2.24, 2.45) is 5.92 Å². The summed E-state index contributed by atoms with van der Waals surface area (Å²) in [6.07, 6.45) is 11.0. The molecule has 2 aliphatic carbocycles. The molecule has 2 rings (SSSR count). The SMILES string of the molecule is CCC1CCC(N(C)C2CCCCC2=O)CC1. The van der Waals surface area contributed by atoms with Gasteiger partial charge in [-0.25, -0.2) is 0 Å². The van der Waals surface area contributed by atoms with Gasteiger partial charge in [0.15, 0.2) is 0 Å². The third-order valence-electron chi connectivity index (χ3n) is 4.98. The maximum atomic E-state index is 12.0. The molecule has 0 bridgehead atoms. The van der Waals surface area contributed by atoms with E-state index in [4.69, 9.17) is 0 Å². The van der Waals surface area contributed by atoms with Gasteiger partial charge in [-0.2, -0.15) is 0 Å². The minimum Gasteiger partial charge on any atom is -0.298 e. The lowest BCUT2D eigenvalue weighted by Crippen LogP contribution is -2.47. The molecule has 1 unspecified atom stereocenters. The first-order valence-electron chi connectivity index (χ1n) is 7.47. The Hall–Kier alpha value is -0.370. The molecular formula is C15H27NO. The number of likely N-dealkylation sites (N-methyl/N-ethyl adjacent to an activating group) is 1. The summed E-state index contributed by atoms with van der Waals surface area (Å²) in [5.41, 5.74) is 0. The molecule has 0 spiro atoms. The van der Waals surface area contributed by atoms with E-state index >= 15 is 0 Å². The first-order valence-corrected chi connectivity index (χ1v) is 7.47. The zero-order valence-corrected chi connectivity index (χ0v) is 11.5. The van der Waals surface area contributed by atoms with Crippen LogP contribution < -0.4 is 0 Å². The third-order valence-corrected chi connectivity index (χ3v) is 4.98. The van der Waals surface area contributed by atoms with Crippen LogP contribution in [0, 0.1) is 5.92 Å². The van der Waals surface area contributed by atoms with Crippen molar-refractivity contribution in [2.75, 3.05) is 7.05 Å². The van der Waals surface area contributed by atoms with Crippen LogP contribution in [0.25, 0.3) is 0 Å². The van der Waals surface area contributed by atoms with Crippen molar-refractivity contribution < 1.29 is 4.79 Å². The molecule has 0 saturated heterocycles. The summed E-state index contributed by atoms with van der Waals surface area (Å²) >= 11 is 0. The molecule has 0 radical (unpaired) electrons. The largest absolute Gasteiger partial charge is 0.298 e. The Labute approximate surface area is 106 Å². The third kappa shape index (κ3) is 3.09. The summed E-state index contributed by atoms with van der Waals surface area (Å²) < 4.78 is 0. The van der Waals surface area contributed by atoms with Crippen LogP contribution in [-0.4, -0.2) is 29.8 Å². The molecule has 0 aromatic rings. The number of carbonyl (C=O) groups excluding carboxylic acids is 1. The highest BCUT2D eigenvalue weighted by Gasteiger charge is 2.32. The van der Waals surface area contributed by atoms with Crippen molar-refractivity contribution in [1.29, 1.82) is 0 Å². The van der Waals surface area contributed by atoms with Crippen molar-refractivity contribution >= 4 is 5.78 Å². The second-order valence-electron chi connectivity index (χ2n) is 5.98. The standard InChI is InChI=1S/C15H27NO/c1-3-12-8-10-13(11-9-12)16(2)14-6-4-5-7-15(14)17/h12-14H,3-11H2,1-2H3. The van der Waals surface area contributed by atoms with Crippen molar-refractivity contribution in [2.45, 2.75) is 76.8 Å². The molecule has 0 heterocycles. The van der Waals surface area contributed by atoms with E-state index < -0.39 is 0 Å². The van der Waals surface area contributed by atoms with E-state index in [1.165, 1.54) is 38.5 Å². The van der Waals surface area contributed by atoms with E-state index in [1.54, 1.807) is 0 Å². The number of Topliss-reactive ketones (excluding diaryl/α,β-unsaturated/α-hetero) is 1. The molecule has 98 valence electrons. The van der Waals surface area contributed by atoms with E-state index in [2.05, 4.69) is 18.9 Å². The average Bonchev–Trinajstić information content (AvgIpc) is 2.39. The summed E-state index contributed by atoms with van der Waals surface area (Å²) in [5, 5.41) is 0. The number of hydrogen-bond donors (Lipinski definition) is 0. The monoisotopic (exact) mass is 237 g/mol. The van der Waals surface area contributed by atoms with E-state index in [0.29, 0.717) is 11.8 Å². The predicted octanol–water partition coefficient (Wildman–Crippen LogP) is 3.40. The number of nitrogens with zero attached hydrogens (tertiary/aromatic N) is 1. The molecule has 1 atom stereocenters. The van der Waals surface area contributed by atoms with Crippen molar-refractivity contribution in [3.05, 3.63) is 0 Å². The fourth-order valence-electron chi connectivity index (χ4n) is 3.61. The van der Waals surface area contributed by atoms with Crippen molar-refractivity contribution in [3.63, 3.8) is 0 Å². The van der Waals surface area contributed by atoms with Crippen LogP contribution >= 0.6 is 0 Å². The number of hydrogen-bond acceptors (Lipinski definition) is 2. The maximum Gasteiger partial charge on any atom is 0.149 e. The molecule has 2 nitrogen and oxygen atoms in total. The molecule has 2 saturated carbocycles. The summed E-state index contributed by atoms with van der Waals surface area (Å²) in [6, 6.07) is 0.914. The maximum absolute atomic E-state index is 12.0. The highest BCUT2D eigenvalue weighted by molar-refractivity contribution is 5.84. The lowest BCUT2D eigenvalue weighted by Gasteiger charge is -2.39. The summed E-state index contributed by atoms with van der Waals surface area (Å²) in [5.74, 6) is 1.44. The highest BCUT2D eigenvalue weighted by atomic mass is 16.1. The Morgan fingerprint density at radius 2 is 1.82 bits per heavy atom. The van der Waals surface area contributed by atoms with E-state index in [0.717, 1.165) is 25.2 Å². The van der Waals surface area contributed by atoms with E-state index in [9.17, 15) is 4.79 Å². The second kappa shape index (κ2) is 5.99. The van der Waals surface area contributed by atoms with Crippen LogP contribution in [0.5, 0.6) is 0 Å². The zero-order valence-electron chi connectivity index (χ0n) is 11.5. The Kier molecular flexibility index (Phi) is 4.61. The fourth-order valence-corrected chi connectivity index (χ4v) is 3.61. The predicted molar refractivity (Wildman–Crippen MR) is 71.1 cm³/mol. The Bertz CT molecular complexity index is 256. The van der Waals surface area contributed by atoms with Gasteiger partial charge in [0.1, 0.15) is 5.78 Å². The summed E-state index contributed by atoms with van der Waals surface area (Å²) in [6.45, 7) is 2.30. The quantitative estimate of drug-likeness (QED) is 0.750. The second-order valence-corrected chi connectivity index (χ2v) is 5.98. The van der Waals surface area contributed by atoms with Gasteiger partial charge in [0.05, 0.1) is 6.04 Å². The van der Waals surface area contributed by atoms with Crippen LogP contribution in [0.2, 0.25) is 0 Å². The average molecular weight is 237 g/mol. The first kappa shape index (κ1) is 13.1. The zero-order chi connectivity index (χ0) is 12.3.